The van der Waals surface area contributed by atoms with Gasteiger partial charge >= 0.3 is 0 Å². The lowest BCUT2D eigenvalue weighted by molar-refractivity contribution is 0.669. The summed E-state index contributed by atoms with van der Waals surface area (Å²) in [5, 5.41) is 7.54. The van der Waals surface area contributed by atoms with Gasteiger partial charge in [-0.3, -0.25) is 0 Å². The third-order valence-corrected chi connectivity index (χ3v) is 12.6. The minimum Gasteiger partial charge on any atom is -0.456 e. The van der Waals surface area contributed by atoms with Crippen LogP contribution in [0.3, 0.4) is 0 Å². The van der Waals surface area contributed by atoms with Gasteiger partial charge in [-0.05, 0) is 101 Å². The van der Waals surface area contributed by atoms with E-state index in [1.165, 1.54) is 62.6 Å². The molecule has 3 aromatic heterocycles. The van der Waals surface area contributed by atoms with Crippen molar-refractivity contribution in [2.45, 2.75) is 0 Å². The van der Waals surface area contributed by atoms with Gasteiger partial charge in [-0.25, -0.2) is 0 Å². The van der Waals surface area contributed by atoms with Crippen LogP contribution in [-0.2, 0) is 0 Å². The molecule has 0 amide bonds. The molecule has 0 radical (unpaired) electrons. The second kappa shape index (κ2) is 11.7. The lowest BCUT2D eigenvalue weighted by Gasteiger charge is -2.26. The third kappa shape index (κ3) is 4.76. The van der Waals surface area contributed by atoms with E-state index in [0.717, 1.165) is 39.0 Å². The maximum absolute atomic E-state index is 6.10. The summed E-state index contributed by atoms with van der Waals surface area (Å²) in [4.78, 5) is 2.37. The van der Waals surface area contributed by atoms with Crippen LogP contribution in [0.5, 0.6) is 0 Å². The molecular weight excluding hydrogens is 671 g/mol. The molecule has 0 bridgehead atoms. The van der Waals surface area contributed by atoms with E-state index in [-0.39, 0.29) is 0 Å². The summed E-state index contributed by atoms with van der Waals surface area (Å²) in [7, 11) is 0. The Bertz CT molecular complexity index is 2970. The molecule has 11 rings (SSSR count). The lowest BCUT2D eigenvalue weighted by atomic mass is 10.0. The third-order valence-electron chi connectivity index (χ3n) is 10.3. The van der Waals surface area contributed by atoms with Crippen LogP contribution in [0.4, 0.5) is 17.1 Å². The maximum Gasteiger partial charge on any atom is 0.135 e. The first-order valence-corrected chi connectivity index (χ1v) is 19.1. The molecule has 4 heteroatoms. The monoisotopic (exact) mass is 699 g/mol. The van der Waals surface area contributed by atoms with Gasteiger partial charge in [0.25, 0.3) is 0 Å². The summed E-state index contributed by atoms with van der Waals surface area (Å²) in [5.74, 6) is 0. The molecule has 0 atom stereocenters. The number of fused-ring (bicyclic) bond motifs is 9. The quantitative estimate of drug-likeness (QED) is 0.178. The number of benzene rings is 8. The molecule has 0 saturated heterocycles. The molecule has 0 N–H and O–H groups in total. The topological polar surface area (TPSA) is 16.4 Å². The molecule has 0 unspecified atom stereocenters. The zero-order valence-electron chi connectivity index (χ0n) is 27.9. The van der Waals surface area contributed by atoms with Crippen LogP contribution >= 0.6 is 22.7 Å². The van der Waals surface area contributed by atoms with Gasteiger partial charge in [-0.2, -0.15) is 0 Å². The highest BCUT2D eigenvalue weighted by molar-refractivity contribution is 7.26. The van der Waals surface area contributed by atoms with E-state index >= 15 is 0 Å². The van der Waals surface area contributed by atoms with E-state index < -0.39 is 0 Å². The van der Waals surface area contributed by atoms with Crippen LogP contribution in [0, 0.1) is 0 Å². The van der Waals surface area contributed by atoms with Gasteiger partial charge in [-0.1, -0.05) is 97.1 Å². The van der Waals surface area contributed by atoms with Crippen LogP contribution in [0.15, 0.2) is 180 Å². The molecule has 3 heterocycles. The number of thiophene rings is 2. The highest BCUT2D eigenvalue weighted by Crippen LogP contribution is 2.42. The summed E-state index contributed by atoms with van der Waals surface area (Å²) in [6.45, 7) is 0. The fraction of sp³-hybridized carbons (Fsp3) is 0. The Morgan fingerprint density at radius 1 is 0.308 bits per heavy atom. The molecule has 244 valence electrons. The Morgan fingerprint density at radius 2 is 0.788 bits per heavy atom. The second-order valence-corrected chi connectivity index (χ2v) is 15.5. The minimum atomic E-state index is 0.913. The van der Waals surface area contributed by atoms with Crippen molar-refractivity contribution in [1.29, 1.82) is 0 Å². The van der Waals surface area contributed by atoms with Gasteiger partial charge in [0.2, 0.25) is 0 Å². The van der Waals surface area contributed by atoms with Crippen LogP contribution in [0.2, 0.25) is 0 Å². The second-order valence-electron chi connectivity index (χ2n) is 13.3. The van der Waals surface area contributed by atoms with Crippen LogP contribution in [-0.4, -0.2) is 0 Å². The summed E-state index contributed by atoms with van der Waals surface area (Å²) in [6.07, 6.45) is 0. The summed E-state index contributed by atoms with van der Waals surface area (Å²) in [6, 6.07) is 63.9. The molecule has 8 aromatic carbocycles. The van der Waals surface area contributed by atoms with Crippen LogP contribution in [0.25, 0.3) is 84.5 Å². The van der Waals surface area contributed by atoms with Crippen molar-refractivity contribution < 1.29 is 4.42 Å². The van der Waals surface area contributed by atoms with Crippen LogP contribution < -0.4 is 4.90 Å². The number of nitrogens with zero attached hydrogens (tertiary/aromatic N) is 1. The van der Waals surface area contributed by atoms with Crippen LogP contribution in [0.1, 0.15) is 0 Å². The first-order valence-electron chi connectivity index (χ1n) is 17.5. The molecule has 0 aliphatic heterocycles. The minimum absolute atomic E-state index is 0.913. The average Bonchev–Trinajstić information content (AvgIpc) is 3.89. The predicted molar refractivity (Wildman–Crippen MR) is 225 cm³/mol. The van der Waals surface area contributed by atoms with Gasteiger partial charge in [-0.15, -0.1) is 22.7 Å². The lowest BCUT2D eigenvalue weighted by Crippen LogP contribution is -2.09. The summed E-state index contributed by atoms with van der Waals surface area (Å²) < 4.78 is 11.4. The molecule has 0 fully saturated rings. The van der Waals surface area contributed by atoms with E-state index in [1.807, 2.05) is 34.8 Å². The van der Waals surface area contributed by atoms with E-state index in [4.69, 9.17) is 4.42 Å². The Kier molecular flexibility index (Phi) is 6.63. The molecule has 0 saturated carbocycles. The number of hydrogen-bond donors (Lipinski definition) is 0. The first-order chi connectivity index (χ1) is 25.7. The van der Waals surface area contributed by atoms with Crippen molar-refractivity contribution in [2.75, 3.05) is 4.90 Å². The average molecular weight is 700 g/mol. The Hall–Kier alpha value is -6.20. The van der Waals surface area contributed by atoms with E-state index in [9.17, 15) is 0 Å². The molecule has 2 nitrogen and oxygen atoms in total. The fourth-order valence-electron chi connectivity index (χ4n) is 7.72. The predicted octanol–water partition coefficient (Wildman–Crippen LogP) is 15.1. The maximum atomic E-state index is 6.10. The molecule has 52 heavy (non-hydrogen) atoms. The van der Waals surface area contributed by atoms with E-state index in [2.05, 4.69) is 169 Å². The van der Waals surface area contributed by atoms with Gasteiger partial charge in [0.1, 0.15) is 11.2 Å². The van der Waals surface area contributed by atoms with Crippen molar-refractivity contribution in [3.8, 4) is 22.3 Å². The number of para-hydroxylation sites is 1. The summed E-state index contributed by atoms with van der Waals surface area (Å²) >= 11 is 3.71. The number of rotatable bonds is 5. The normalized spacial score (nSPS) is 11.8. The van der Waals surface area contributed by atoms with E-state index in [1.54, 1.807) is 0 Å². The highest BCUT2D eigenvalue weighted by Gasteiger charge is 2.16. The zero-order chi connectivity index (χ0) is 34.2. The zero-order valence-corrected chi connectivity index (χ0v) is 29.5. The van der Waals surface area contributed by atoms with Crippen molar-refractivity contribution in [2.24, 2.45) is 0 Å². The standard InChI is InChI=1S/C48H29NOS2/c1-4-10-43-37(7-1)41-27-32(17-25-44(41)50-43)30-13-19-34(20-14-30)49(36-23-24-40-38-8-2-5-11-45(38)52-48(40)29-36)35-21-15-31(16-22-35)33-18-26-47-42(28-33)39-9-3-6-12-46(39)51-47/h1-29H. The van der Waals surface area contributed by atoms with Crippen molar-refractivity contribution in [1.82, 2.24) is 0 Å². The first kappa shape index (κ1) is 29.5. The number of anilines is 3. The van der Waals surface area contributed by atoms with Crippen molar-refractivity contribution in [3.63, 3.8) is 0 Å². The highest BCUT2D eigenvalue weighted by atomic mass is 32.1. The Labute approximate surface area is 308 Å². The van der Waals surface area contributed by atoms with Gasteiger partial charge in [0.05, 0.1) is 0 Å². The number of furan rings is 1. The van der Waals surface area contributed by atoms with Gasteiger partial charge < -0.3 is 9.32 Å². The van der Waals surface area contributed by atoms with Crippen molar-refractivity contribution in [3.05, 3.63) is 176 Å². The molecular formula is C48H29NOS2. The molecule has 0 aliphatic carbocycles. The Morgan fingerprint density at radius 3 is 1.50 bits per heavy atom. The molecule has 11 aromatic rings. The Balaban J connectivity index is 1.00. The summed E-state index contributed by atoms with van der Waals surface area (Å²) in [5.41, 5.74) is 9.97. The smallest absolute Gasteiger partial charge is 0.135 e. The van der Waals surface area contributed by atoms with Crippen molar-refractivity contribution >= 4 is 102 Å². The SMILES string of the molecule is c1ccc2c(c1)oc1ccc(-c3ccc(N(c4ccc(-c5ccc6sc7ccccc7c6c5)cc4)c4ccc5c(c4)sc4ccccc45)cc3)cc12. The van der Waals surface area contributed by atoms with E-state index in [0.29, 0.717) is 0 Å². The van der Waals surface area contributed by atoms with Gasteiger partial charge in [0, 0.05) is 68.2 Å². The fourth-order valence-corrected chi connectivity index (χ4v) is 9.94. The number of hydrogen-bond acceptors (Lipinski definition) is 4. The van der Waals surface area contributed by atoms with Gasteiger partial charge in [0.15, 0.2) is 0 Å². The largest absolute Gasteiger partial charge is 0.456 e. The molecule has 0 spiro atoms. The molecule has 0 aliphatic rings.